The largest absolute Gasteiger partial charge is 0.244 e. The lowest BCUT2D eigenvalue weighted by atomic mass is 10.4. The molecule has 0 aromatic heterocycles. The van der Waals surface area contributed by atoms with E-state index >= 15 is 0 Å². The van der Waals surface area contributed by atoms with Gasteiger partial charge in [0.05, 0.1) is 0 Å². The maximum atomic E-state index is 10.8. The van der Waals surface area contributed by atoms with Crippen LogP contribution in [0.4, 0.5) is 4.39 Å². The number of halogens is 1. The molecule has 0 fully saturated rings. The van der Waals surface area contributed by atoms with E-state index in [1.165, 1.54) is 0 Å². The molecule has 0 bridgehead atoms. The minimum atomic E-state index is 0.472. The number of hydrogen-bond acceptors (Lipinski definition) is 0. The molecule has 0 heterocycles. The predicted molar refractivity (Wildman–Crippen MR) is 20.0 cm³/mol. The molecule has 0 rings (SSSR count). The predicted octanol–water partition coefficient (Wildman–Crippen LogP) is 1.73. The summed E-state index contributed by atoms with van der Waals surface area (Å²) in [4.78, 5) is 0. The van der Waals surface area contributed by atoms with E-state index in [4.69, 9.17) is 0 Å². The average Bonchev–Trinajstić information content (AvgIpc) is 1.41. The Hall–Kier alpha value is -0.0700. The first-order chi connectivity index (χ1) is 2.41. The smallest absolute Gasteiger partial charge is 0.131 e. The van der Waals surface area contributed by atoms with Gasteiger partial charge in [-0.3, -0.25) is 0 Å². The minimum absolute atomic E-state index is 0.472. The van der Waals surface area contributed by atoms with Crippen LogP contribution in [0.5, 0.6) is 0 Å². The lowest BCUT2D eigenvalue weighted by Crippen LogP contribution is -1.60. The second kappa shape index (κ2) is 3.93. The van der Waals surface area contributed by atoms with Crippen LogP contribution < -0.4 is 0 Å². The van der Waals surface area contributed by atoms with Gasteiger partial charge in [0.15, 0.2) is 0 Å². The number of rotatable bonds is 2. The summed E-state index contributed by atoms with van der Waals surface area (Å²) >= 11 is 0. The van der Waals surface area contributed by atoms with E-state index in [1.54, 1.807) is 6.42 Å². The Morgan fingerprint density at radius 2 is 2.40 bits per heavy atom. The van der Waals surface area contributed by atoms with Gasteiger partial charge in [0, 0.05) is 0 Å². The third-order valence-electron chi connectivity index (χ3n) is 0.325. The van der Waals surface area contributed by atoms with E-state index in [0.29, 0.717) is 13.1 Å². The van der Waals surface area contributed by atoms with Gasteiger partial charge >= 0.3 is 0 Å². The Kier molecular flexibility index (Phi) is 3.87. The van der Waals surface area contributed by atoms with Crippen LogP contribution in [-0.4, -0.2) is 0 Å². The van der Waals surface area contributed by atoms with Crippen molar-refractivity contribution in [1.29, 1.82) is 0 Å². The molecule has 0 aliphatic carbocycles. The molecule has 2 radical (unpaired) electrons. The van der Waals surface area contributed by atoms with E-state index < -0.39 is 0 Å². The van der Waals surface area contributed by atoms with Gasteiger partial charge in [-0.15, -0.1) is 0 Å². The monoisotopic (exact) mass is 74.1 g/mol. The van der Waals surface area contributed by atoms with Crippen LogP contribution in [0.2, 0.25) is 0 Å². The summed E-state index contributed by atoms with van der Waals surface area (Å²) in [5.74, 6) is 0. The molecule has 0 aromatic carbocycles. The van der Waals surface area contributed by atoms with Crippen molar-refractivity contribution in [2.75, 3.05) is 0 Å². The van der Waals surface area contributed by atoms with Crippen molar-refractivity contribution >= 4 is 0 Å². The highest BCUT2D eigenvalue weighted by Crippen LogP contribution is 1.88. The zero-order valence-electron chi connectivity index (χ0n) is 3.24. The highest BCUT2D eigenvalue weighted by molar-refractivity contribution is 4.59. The van der Waals surface area contributed by atoms with E-state index in [9.17, 15) is 4.39 Å². The van der Waals surface area contributed by atoms with Gasteiger partial charge in [0.25, 0.3) is 0 Å². The normalized spacial score (nSPS) is 8.40. The van der Waals surface area contributed by atoms with Gasteiger partial charge in [-0.25, -0.2) is 4.39 Å². The SMILES string of the molecule is C[CH]C[CH]F. The first-order valence-corrected chi connectivity index (χ1v) is 1.61. The zero-order valence-corrected chi connectivity index (χ0v) is 3.24. The van der Waals surface area contributed by atoms with Gasteiger partial charge in [-0.1, -0.05) is 6.92 Å². The van der Waals surface area contributed by atoms with E-state index in [2.05, 4.69) is 0 Å². The van der Waals surface area contributed by atoms with Crippen molar-refractivity contribution in [3.05, 3.63) is 13.1 Å². The summed E-state index contributed by atoms with van der Waals surface area (Å²) in [6.45, 7) is 2.44. The molecule has 0 unspecified atom stereocenters. The molecule has 0 aliphatic heterocycles. The number of hydrogen-bond donors (Lipinski definition) is 0. The third-order valence-corrected chi connectivity index (χ3v) is 0.325. The lowest BCUT2D eigenvalue weighted by molar-refractivity contribution is 0.596. The van der Waals surface area contributed by atoms with Crippen molar-refractivity contribution in [2.24, 2.45) is 0 Å². The van der Waals surface area contributed by atoms with Crippen LogP contribution in [0.15, 0.2) is 0 Å². The molecule has 0 saturated carbocycles. The topological polar surface area (TPSA) is 0 Å². The summed E-state index contributed by atoms with van der Waals surface area (Å²) in [6, 6.07) is 0. The number of unbranched alkanes of at least 4 members (excludes halogenated alkanes) is 1. The van der Waals surface area contributed by atoms with Gasteiger partial charge in [-0.2, -0.15) is 0 Å². The molecular weight excluding hydrogens is 67.0 g/mol. The fraction of sp³-hybridized carbons (Fsp3) is 0.500. The summed E-state index contributed by atoms with van der Waals surface area (Å²) in [6.07, 6.45) is 2.22. The van der Waals surface area contributed by atoms with E-state index in [-0.39, 0.29) is 0 Å². The molecule has 0 nitrogen and oxygen atoms in total. The standard InChI is InChI=1S/C4H7F/c1-2-3-4-5/h2,4H,3H2,1H3. The Bertz CT molecular complexity index is 11.1. The van der Waals surface area contributed by atoms with Gasteiger partial charge < -0.3 is 0 Å². The first-order valence-electron chi connectivity index (χ1n) is 1.61. The van der Waals surface area contributed by atoms with E-state index in [1.807, 2.05) is 6.92 Å². The molecule has 0 atom stereocenters. The molecule has 0 N–H and O–H groups in total. The molecule has 5 heavy (non-hydrogen) atoms. The second-order valence-electron chi connectivity index (χ2n) is 0.798. The van der Waals surface area contributed by atoms with Crippen LogP contribution in [0.25, 0.3) is 0 Å². The zero-order chi connectivity index (χ0) is 4.12. The fourth-order valence-corrected chi connectivity index (χ4v) is 0.0891. The summed E-state index contributed by atoms with van der Waals surface area (Å²) in [5, 5.41) is 0. The lowest BCUT2D eigenvalue weighted by Gasteiger charge is -1.74. The molecule has 0 amide bonds. The second-order valence-corrected chi connectivity index (χ2v) is 0.798. The van der Waals surface area contributed by atoms with Gasteiger partial charge in [0.2, 0.25) is 0 Å². The Labute approximate surface area is 32.0 Å². The first kappa shape index (κ1) is 4.93. The molecular formula is C4H7F. The minimum Gasteiger partial charge on any atom is -0.244 e. The van der Waals surface area contributed by atoms with Crippen LogP contribution in [0.1, 0.15) is 13.3 Å². The maximum Gasteiger partial charge on any atom is 0.131 e. The van der Waals surface area contributed by atoms with E-state index in [0.717, 1.165) is 0 Å². The highest BCUT2D eigenvalue weighted by atomic mass is 19.1. The van der Waals surface area contributed by atoms with Crippen molar-refractivity contribution in [2.45, 2.75) is 13.3 Å². The van der Waals surface area contributed by atoms with Crippen LogP contribution >= 0.6 is 0 Å². The quantitative estimate of drug-likeness (QED) is 0.468. The molecule has 0 aromatic rings. The van der Waals surface area contributed by atoms with Crippen molar-refractivity contribution in [3.63, 3.8) is 0 Å². The summed E-state index contributed by atoms with van der Waals surface area (Å²) in [7, 11) is 0. The van der Waals surface area contributed by atoms with Crippen molar-refractivity contribution < 1.29 is 4.39 Å². The van der Waals surface area contributed by atoms with Crippen LogP contribution in [-0.2, 0) is 0 Å². The molecule has 0 saturated heterocycles. The Morgan fingerprint density at radius 3 is 2.40 bits per heavy atom. The maximum absolute atomic E-state index is 10.8. The molecule has 0 aliphatic rings. The molecule has 30 valence electrons. The Morgan fingerprint density at radius 1 is 1.80 bits per heavy atom. The van der Waals surface area contributed by atoms with Crippen LogP contribution in [0.3, 0.4) is 0 Å². The Balaban J connectivity index is 2.19. The van der Waals surface area contributed by atoms with Crippen molar-refractivity contribution in [1.82, 2.24) is 0 Å². The fourth-order valence-electron chi connectivity index (χ4n) is 0.0891. The van der Waals surface area contributed by atoms with Crippen molar-refractivity contribution in [3.8, 4) is 0 Å². The third kappa shape index (κ3) is 3.93. The van der Waals surface area contributed by atoms with Crippen LogP contribution in [0, 0.1) is 13.1 Å². The summed E-state index contributed by atoms with van der Waals surface area (Å²) in [5.41, 5.74) is 0. The summed E-state index contributed by atoms with van der Waals surface area (Å²) < 4.78 is 10.8. The van der Waals surface area contributed by atoms with Gasteiger partial charge in [-0.05, 0) is 12.8 Å². The van der Waals surface area contributed by atoms with Gasteiger partial charge in [0.1, 0.15) is 6.67 Å². The average molecular weight is 74.1 g/mol. The molecule has 1 heteroatoms. The highest BCUT2D eigenvalue weighted by Gasteiger charge is 1.73. The molecule has 0 spiro atoms.